The number of benzene rings is 1. The topological polar surface area (TPSA) is 83.6 Å². The van der Waals surface area contributed by atoms with Gasteiger partial charge in [0.15, 0.2) is 11.5 Å². The van der Waals surface area contributed by atoms with Crippen LogP contribution in [0.25, 0.3) is 11.3 Å². The maximum Gasteiger partial charge on any atom is 0.358 e. The van der Waals surface area contributed by atoms with E-state index in [9.17, 15) is 18.7 Å². The molecule has 2 aromatic rings. The fourth-order valence-electron chi connectivity index (χ4n) is 1.39. The van der Waals surface area contributed by atoms with Crippen LogP contribution in [0, 0.1) is 0 Å². The number of aromatic hydroxyl groups is 1. The van der Waals surface area contributed by atoms with Crippen LogP contribution in [0.5, 0.6) is 5.75 Å². The summed E-state index contributed by atoms with van der Waals surface area (Å²) in [6.45, 7) is 0. The second-order valence-corrected chi connectivity index (χ2v) is 3.46. The number of halogens is 2. The minimum absolute atomic E-state index is 0.0364. The number of carboxylic acid groups (broad SMARTS) is 1. The summed E-state index contributed by atoms with van der Waals surface area (Å²) >= 11 is 0. The number of carbonyl (C=O) groups is 1. The number of carboxylic acids is 1. The third-order valence-corrected chi connectivity index (χ3v) is 2.28. The Morgan fingerprint density at radius 3 is 2.61 bits per heavy atom. The molecule has 1 heterocycles. The quantitative estimate of drug-likeness (QED) is 0.880. The van der Waals surface area contributed by atoms with Crippen molar-refractivity contribution in [3.05, 3.63) is 35.5 Å². The summed E-state index contributed by atoms with van der Waals surface area (Å²) in [5, 5.41) is 21.1. The third kappa shape index (κ3) is 2.15. The van der Waals surface area contributed by atoms with Crippen LogP contribution >= 0.6 is 0 Å². The van der Waals surface area contributed by atoms with Gasteiger partial charge in [-0.05, 0) is 18.2 Å². The molecule has 0 atom stereocenters. The van der Waals surface area contributed by atoms with Crippen LogP contribution in [0.4, 0.5) is 8.78 Å². The van der Waals surface area contributed by atoms with Crippen LogP contribution in [0.2, 0.25) is 0 Å². The molecule has 5 nitrogen and oxygen atoms in total. The summed E-state index contributed by atoms with van der Waals surface area (Å²) in [5.41, 5.74) is -0.666. The average molecular weight is 255 g/mol. The van der Waals surface area contributed by atoms with E-state index in [4.69, 9.17) is 9.63 Å². The van der Waals surface area contributed by atoms with Gasteiger partial charge in [-0.2, -0.15) is 0 Å². The first-order chi connectivity index (χ1) is 8.49. The molecule has 0 radical (unpaired) electrons. The van der Waals surface area contributed by atoms with Crippen molar-refractivity contribution in [1.82, 2.24) is 5.16 Å². The molecule has 2 rings (SSSR count). The number of nitrogens with zero attached hydrogens (tertiary/aromatic N) is 1. The molecule has 0 aliphatic carbocycles. The van der Waals surface area contributed by atoms with E-state index in [1.807, 2.05) is 0 Å². The van der Waals surface area contributed by atoms with Gasteiger partial charge in [-0.3, -0.25) is 0 Å². The molecule has 0 unspecified atom stereocenters. The normalized spacial score (nSPS) is 10.8. The van der Waals surface area contributed by atoms with Crippen molar-refractivity contribution >= 4 is 5.97 Å². The standard InChI is InChI=1S/C11H7F2NO4/c12-10(13)6-3-5(1-2-8(6)15)9-4-7(11(16)17)14-18-9/h1-4,10,15H,(H,16,17). The Labute approximate surface area is 99.3 Å². The maximum atomic E-state index is 12.6. The van der Waals surface area contributed by atoms with Crippen molar-refractivity contribution in [2.75, 3.05) is 0 Å². The van der Waals surface area contributed by atoms with E-state index in [2.05, 4.69) is 5.16 Å². The smallest absolute Gasteiger partial charge is 0.358 e. The Morgan fingerprint density at radius 1 is 1.33 bits per heavy atom. The number of phenolic OH excluding ortho intramolecular Hbond substituents is 1. The van der Waals surface area contributed by atoms with E-state index >= 15 is 0 Å². The molecular weight excluding hydrogens is 248 g/mol. The van der Waals surface area contributed by atoms with Gasteiger partial charge < -0.3 is 14.7 Å². The maximum absolute atomic E-state index is 12.6. The summed E-state index contributed by atoms with van der Waals surface area (Å²) < 4.78 is 29.8. The molecule has 18 heavy (non-hydrogen) atoms. The van der Waals surface area contributed by atoms with Crippen molar-refractivity contribution in [2.24, 2.45) is 0 Å². The van der Waals surface area contributed by atoms with E-state index in [-0.39, 0.29) is 17.0 Å². The number of rotatable bonds is 3. The number of hydrogen-bond acceptors (Lipinski definition) is 4. The highest BCUT2D eigenvalue weighted by molar-refractivity contribution is 5.86. The zero-order chi connectivity index (χ0) is 13.3. The van der Waals surface area contributed by atoms with Crippen molar-refractivity contribution in [3.63, 3.8) is 0 Å². The lowest BCUT2D eigenvalue weighted by atomic mass is 10.1. The van der Waals surface area contributed by atoms with Gasteiger partial charge >= 0.3 is 5.97 Å². The number of aromatic nitrogens is 1. The molecule has 0 spiro atoms. The first kappa shape index (κ1) is 12.0. The lowest BCUT2D eigenvalue weighted by Crippen LogP contribution is -1.94. The van der Waals surface area contributed by atoms with Gasteiger partial charge in [-0.1, -0.05) is 5.16 Å². The highest BCUT2D eigenvalue weighted by atomic mass is 19.3. The van der Waals surface area contributed by atoms with Crippen molar-refractivity contribution in [3.8, 4) is 17.1 Å². The van der Waals surface area contributed by atoms with E-state index in [0.717, 1.165) is 18.2 Å². The largest absolute Gasteiger partial charge is 0.507 e. The second-order valence-electron chi connectivity index (χ2n) is 3.46. The van der Waals surface area contributed by atoms with Crippen LogP contribution in [0.1, 0.15) is 22.5 Å². The van der Waals surface area contributed by atoms with Crippen molar-refractivity contribution in [2.45, 2.75) is 6.43 Å². The molecule has 0 amide bonds. The van der Waals surface area contributed by atoms with E-state index in [1.54, 1.807) is 0 Å². The summed E-state index contributed by atoms with van der Waals surface area (Å²) in [6, 6.07) is 4.54. The van der Waals surface area contributed by atoms with E-state index in [0.29, 0.717) is 0 Å². The average Bonchev–Trinajstić information content (AvgIpc) is 2.78. The second kappa shape index (κ2) is 4.44. The number of aromatic carboxylic acids is 1. The monoisotopic (exact) mass is 255 g/mol. The highest BCUT2D eigenvalue weighted by Gasteiger charge is 2.17. The summed E-state index contributed by atoms with van der Waals surface area (Å²) in [6.07, 6.45) is -2.84. The van der Waals surface area contributed by atoms with Crippen molar-refractivity contribution in [1.29, 1.82) is 0 Å². The molecule has 0 bridgehead atoms. The fourth-order valence-corrected chi connectivity index (χ4v) is 1.39. The summed E-state index contributed by atoms with van der Waals surface area (Å²) in [4.78, 5) is 10.6. The van der Waals surface area contributed by atoms with Gasteiger partial charge in [0.1, 0.15) is 5.75 Å². The molecule has 0 aliphatic rings. The molecule has 1 aromatic carbocycles. The highest BCUT2D eigenvalue weighted by Crippen LogP contribution is 2.32. The first-order valence-corrected chi connectivity index (χ1v) is 4.80. The first-order valence-electron chi connectivity index (χ1n) is 4.80. The minimum atomic E-state index is -2.84. The number of phenols is 1. The molecule has 94 valence electrons. The molecule has 0 saturated carbocycles. The van der Waals surface area contributed by atoms with E-state index in [1.165, 1.54) is 6.07 Å². The van der Waals surface area contributed by atoms with Crippen LogP contribution < -0.4 is 0 Å². The van der Waals surface area contributed by atoms with Crippen LogP contribution in [-0.4, -0.2) is 21.3 Å². The molecule has 0 saturated heterocycles. The summed E-state index contributed by atoms with van der Waals surface area (Å²) in [5.74, 6) is -1.78. The molecule has 2 N–H and O–H groups in total. The zero-order valence-electron chi connectivity index (χ0n) is 8.80. The number of alkyl halides is 2. The third-order valence-electron chi connectivity index (χ3n) is 2.28. The SMILES string of the molecule is O=C(O)c1cc(-c2ccc(O)c(C(F)F)c2)on1. The fraction of sp³-hybridized carbons (Fsp3) is 0.0909. The Kier molecular flexibility index (Phi) is 2.97. The van der Waals surface area contributed by atoms with Gasteiger partial charge in [-0.25, -0.2) is 13.6 Å². The Bertz CT molecular complexity index is 594. The lowest BCUT2D eigenvalue weighted by molar-refractivity contribution is 0.0685. The van der Waals surface area contributed by atoms with Gasteiger partial charge in [0.05, 0.1) is 5.56 Å². The van der Waals surface area contributed by atoms with Gasteiger partial charge in [-0.15, -0.1) is 0 Å². The molecule has 1 aromatic heterocycles. The Hall–Kier alpha value is -2.44. The van der Waals surface area contributed by atoms with Crippen LogP contribution in [0.3, 0.4) is 0 Å². The van der Waals surface area contributed by atoms with Crippen LogP contribution in [0.15, 0.2) is 28.8 Å². The number of hydrogen-bond donors (Lipinski definition) is 2. The van der Waals surface area contributed by atoms with Gasteiger partial charge in [0.2, 0.25) is 0 Å². The predicted molar refractivity (Wildman–Crippen MR) is 55.5 cm³/mol. The molecular formula is C11H7F2NO4. The Balaban J connectivity index is 2.44. The molecule has 0 fully saturated rings. The molecule has 7 heteroatoms. The summed E-state index contributed by atoms with van der Waals surface area (Å²) in [7, 11) is 0. The zero-order valence-corrected chi connectivity index (χ0v) is 8.80. The van der Waals surface area contributed by atoms with Gasteiger partial charge in [0, 0.05) is 11.6 Å². The minimum Gasteiger partial charge on any atom is -0.507 e. The Morgan fingerprint density at radius 2 is 2.06 bits per heavy atom. The molecule has 0 aliphatic heterocycles. The lowest BCUT2D eigenvalue weighted by Gasteiger charge is -2.04. The van der Waals surface area contributed by atoms with E-state index < -0.39 is 23.7 Å². The van der Waals surface area contributed by atoms with Crippen molar-refractivity contribution < 1.29 is 28.3 Å². The van der Waals surface area contributed by atoms with Gasteiger partial charge in [0.25, 0.3) is 6.43 Å². The van der Waals surface area contributed by atoms with Crippen LogP contribution in [-0.2, 0) is 0 Å². The predicted octanol–water partition coefficient (Wildman–Crippen LogP) is 2.68.